The smallest absolute Gasteiger partial charge is 0.224 e. The number of hydrogen-bond acceptors (Lipinski definition) is 4. The summed E-state index contributed by atoms with van der Waals surface area (Å²) in [5, 5.41) is 5.35. The van der Waals surface area contributed by atoms with Crippen molar-refractivity contribution in [2.75, 3.05) is 13.1 Å². The summed E-state index contributed by atoms with van der Waals surface area (Å²) in [5.41, 5.74) is 1.88. The van der Waals surface area contributed by atoms with E-state index < -0.39 is 15.3 Å². The fraction of sp³-hybridized carbons (Fsp3) is 0.385. The van der Waals surface area contributed by atoms with Gasteiger partial charge in [0.15, 0.2) is 0 Å². The van der Waals surface area contributed by atoms with Crippen molar-refractivity contribution < 1.29 is 13.2 Å². The van der Waals surface area contributed by atoms with Gasteiger partial charge in [-0.1, -0.05) is 0 Å². The number of nitrogens with one attached hydrogen (secondary N) is 1. The molecule has 3 heterocycles. The van der Waals surface area contributed by atoms with Crippen LogP contribution < -0.4 is 5.14 Å². The molecule has 21 heavy (non-hydrogen) atoms. The fourth-order valence-electron chi connectivity index (χ4n) is 2.66. The van der Waals surface area contributed by atoms with Gasteiger partial charge in [-0.25, -0.2) is 18.5 Å². The summed E-state index contributed by atoms with van der Waals surface area (Å²) < 4.78 is 22.7. The van der Waals surface area contributed by atoms with Crippen LogP contribution in [0, 0.1) is 0 Å². The summed E-state index contributed by atoms with van der Waals surface area (Å²) in [4.78, 5) is 20.7. The van der Waals surface area contributed by atoms with E-state index in [2.05, 4.69) is 9.97 Å². The molecule has 0 saturated carbocycles. The molecular weight excluding hydrogens is 292 g/mol. The van der Waals surface area contributed by atoms with Gasteiger partial charge >= 0.3 is 0 Å². The number of pyridine rings is 1. The molecule has 3 N–H and O–H groups in total. The van der Waals surface area contributed by atoms with Crippen molar-refractivity contribution in [1.82, 2.24) is 14.9 Å². The molecule has 0 radical (unpaired) electrons. The molecule has 2 aromatic heterocycles. The molecule has 1 atom stereocenters. The standard InChI is InChI=1S/C13H16N4O3S/c14-21(19,20)10-7-12(18)17(8-10)6-3-9-1-4-15-13-11(9)2-5-16-13/h1-2,4-5,10H,3,6-8H2,(H,15,16)(H2,14,19,20). The molecule has 1 amide bonds. The second kappa shape index (κ2) is 5.12. The second-order valence-electron chi connectivity index (χ2n) is 5.21. The van der Waals surface area contributed by atoms with Gasteiger partial charge < -0.3 is 9.88 Å². The number of carbonyl (C=O) groups is 1. The third kappa shape index (κ3) is 2.77. The molecule has 1 aliphatic heterocycles. The van der Waals surface area contributed by atoms with E-state index in [-0.39, 0.29) is 18.9 Å². The maximum atomic E-state index is 11.9. The number of aromatic amines is 1. The molecule has 1 unspecified atom stereocenters. The van der Waals surface area contributed by atoms with E-state index >= 15 is 0 Å². The van der Waals surface area contributed by atoms with E-state index in [4.69, 9.17) is 5.14 Å². The zero-order chi connectivity index (χ0) is 15.0. The van der Waals surface area contributed by atoms with E-state index in [1.165, 1.54) is 0 Å². The molecule has 0 bridgehead atoms. The number of likely N-dealkylation sites (tertiary alicyclic amines) is 1. The van der Waals surface area contributed by atoms with Gasteiger partial charge in [0.2, 0.25) is 15.9 Å². The largest absolute Gasteiger partial charge is 0.346 e. The number of hydrogen-bond donors (Lipinski definition) is 2. The van der Waals surface area contributed by atoms with Crippen LogP contribution in [0.15, 0.2) is 24.5 Å². The SMILES string of the molecule is NS(=O)(=O)C1CC(=O)N(CCc2ccnc3[nH]ccc23)C1. The van der Waals surface area contributed by atoms with Crippen molar-refractivity contribution in [3.05, 3.63) is 30.1 Å². The number of aromatic nitrogens is 2. The molecule has 3 rings (SSSR count). The highest BCUT2D eigenvalue weighted by Gasteiger charge is 2.36. The van der Waals surface area contributed by atoms with Crippen molar-refractivity contribution in [3.63, 3.8) is 0 Å². The number of nitrogens with two attached hydrogens (primary N) is 1. The molecule has 0 aromatic carbocycles. The summed E-state index contributed by atoms with van der Waals surface area (Å²) >= 11 is 0. The molecular formula is C13H16N4O3S. The lowest BCUT2D eigenvalue weighted by atomic mass is 10.1. The van der Waals surface area contributed by atoms with E-state index in [1.807, 2.05) is 18.3 Å². The number of nitrogens with zero attached hydrogens (tertiary/aromatic N) is 2. The van der Waals surface area contributed by atoms with Crippen LogP contribution in [0.4, 0.5) is 0 Å². The Bertz CT molecular complexity index is 784. The molecule has 0 aliphatic carbocycles. The van der Waals surface area contributed by atoms with Crippen LogP contribution in [0.25, 0.3) is 11.0 Å². The van der Waals surface area contributed by atoms with Gasteiger partial charge in [-0.15, -0.1) is 0 Å². The summed E-state index contributed by atoms with van der Waals surface area (Å²) in [6.07, 6.45) is 4.17. The number of carbonyl (C=O) groups excluding carboxylic acids is 1. The Labute approximate surface area is 122 Å². The molecule has 112 valence electrons. The van der Waals surface area contributed by atoms with Crippen LogP contribution in [0.3, 0.4) is 0 Å². The Hall–Kier alpha value is -1.93. The predicted molar refractivity (Wildman–Crippen MR) is 77.9 cm³/mol. The van der Waals surface area contributed by atoms with Crippen LogP contribution in [0.2, 0.25) is 0 Å². The highest BCUT2D eigenvalue weighted by molar-refractivity contribution is 7.89. The van der Waals surface area contributed by atoms with Gasteiger partial charge in [0.25, 0.3) is 0 Å². The van der Waals surface area contributed by atoms with Crippen LogP contribution in [0.5, 0.6) is 0 Å². The maximum absolute atomic E-state index is 11.9. The zero-order valence-corrected chi connectivity index (χ0v) is 12.1. The van der Waals surface area contributed by atoms with Crippen molar-refractivity contribution in [2.24, 2.45) is 5.14 Å². The lowest BCUT2D eigenvalue weighted by molar-refractivity contribution is -0.127. The molecule has 1 fully saturated rings. The Morgan fingerprint density at radius 1 is 1.43 bits per heavy atom. The summed E-state index contributed by atoms with van der Waals surface area (Å²) in [6.45, 7) is 0.661. The maximum Gasteiger partial charge on any atom is 0.224 e. The topological polar surface area (TPSA) is 109 Å². The number of sulfonamides is 1. The van der Waals surface area contributed by atoms with Crippen LogP contribution in [-0.2, 0) is 21.2 Å². The number of fused-ring (bicyclic) bond motifs is 1. The van der Waals surface area contributed by atoms with Crippen LogP contribution >= 0.6 is 0 Å². The van der Waals surface area contributed by atoms with Crippen molar-refractivity contribution in [3.8, 4) is 0 Å². The minimum absolute atomic E-state index is 0.0191. The lowest BCUT2D eigenvalue weighted by Crippen LogP contribution is -2.33. The number of H-pyrrole nitrogens is 1. The summed E-state index contributed by atoms with van der Waals surface area (Å²) in [5.74, 6) is -0.159. The Kier molecular flexibility index (Phi) is 3.42. The quantitative estimate of drug-likeness (QED) is 0.828. The molecule has 1 saturated heterocycles. The molecule has 7 nitrogen and oxygen atoms in total. The minimum atomic E-state index is -3.65. The second-order valence-corrected chi connectivity index (χ2v) is 7.06. The number of rotatable bonds is 4. The average molecular weight is 308 g/mol. The Morgan fingerprint density at radius 3 is 2.95 bits per heavy atom. The first kappa shape index (κ1) is 14.0. The third-order valence-corrected chi connectivity index (χ3v) is 5.09. The normalized spacial score (nSPS) is 19.6. The van der Waals surface area contributed by atoms with Gasteiger partial charge in [-0.05, 0) is 24.1 Å². The highest BCUT2D eigenvalue weighted by atomic mass is 32.2. The minimum Gasteiger partial charge on any atom is -0.346 e. The number of amides is 1. The summed E-state index contributed by atoms with van der Waals surface area (Å²) in [7, 11) is -3.65. The fourth-order valence-corrected chi connectivity index (χ4v) is 3.43. The van der Waals surface area contributed by atoms with Crippen molar-refractivity contribution in [1.29, 1.82) is 0 Å². The van der Waals surface area contributed by atoms with Crippen molar-refractivity contribution >= 4 is 27.0 Å². The van der Waals surface area contributed by atoms with Crippen molar-refractivity contribution in [2.45, 2.75) is 18.1 Å². The zero-order valence-electron chi connectivity index (χ0n) is 11.3. The highest BCUT2D eigenvalue weighted by Crippen LogP contribution is 2.19. The first-order valence-electron chi connectivity index (χ1n) is 6.65. The molecule has 2 aromatic rings. The van der Waals surface area contributed by atoms with E-state index in [9.17, 15) is 13.2 Å². The predicted octanol–water partition coefficient (Wildman–Crippen LogP) is -0.00520. The van der Waals surface area contributed by atoms with Gasteiger partial charge in [0.05, 0.1) is 0 Å². The lowest BCUT2D eigenvalue weighted by Gasteiger charge is -2.16. The summed E-state index contributed by atoms with van der Waals surface area (Å²) in [6, 6.07) is 3.85. The van der Waals surface area contributed by atoms with Gasteiger partial charge in [-0.2, -0.15) is 0 Å². The monoisotopic (exact) mass is 308 g/mol. The van der Waals surface area contributed by atoms with Gasteiger partial charge in [-0.3, -0.25) is 4.79 Å². The van der Waals surface area contributed by atoms with Crippen LogP contribution in [0.1, 0.15) is 12.0 Å². The average Bonchev–Trinajstić information content (AvgIpc) is 3.02. The first-order chi connectivity index (χ1) is 9.95. The first-order valence-corrected chi connectivity index (χ1v) is 8.26. The van der Waals surface area contributed by atoms with E-state index in [1.54, 1.807) is 11.1 Å². The van der Waals surface area contributed by atoms with Gasteiger partial charge in [0.1, 0.15) is 10.9 Å². The Morgan fingerprint density at radius 2 is 2.24 bits per heavy atom. The van der Waals surface area contributed by atoms with E-state index in [0.29, 0.717) is 13.0 Å². The molecule has 8 heteroatoms. The number of primary sulfonamides is 1. The Balaban J connectivity index is 1.71. The van der Waals surface area contributed by atoms with Gasteiger partial charge in [0, 0.05) is 37.3 Å². The van der Waals surface area contributed by atoms with Crippen LogP contribution in [-0.4, -0.2) is 47.5 Å². The third-order valence-electron chi connectivity index (χ3n) is 3.85. The molecule has 0 spiro atoms. The van der Waals surface area contributed by atoms with E-state index in [0.717, 1.165) is 16.6 Å². The molecule has 1 aliphatic rings.